The number of benzene rings is 2. The summed E-state index contributed by atoms with van der Waals surface area (Å²) >= 11 is 0. The van der Waals surface area contributed by atoms with Crippen LogP contribution < -0.4 is 9.47 Å². The maximum atomic E-state index is 12.8. The van der Waals surface area contributed by atoms with Crippen molar-refractivity contribution >= 4 is 17.7 Å². The van der Waals surface area contributed by atoms with Crippen molar-refractivity contribution in [2.45, 2.75) is 78.4 Å². The molecule has 0 heterocycles. The Morgan fingerprint density at radius 2 is 0.921 bits per heavy atom. The van der Waals surface area contributed by atoms with Crippen LogP contribution in [0.3, 0.4) is 0 Å². The number of carbonyl (C=O) groups is 3. The van der Waals surface area contributed by atoms with E-state index in [2.05, 4.69) is 0 Å². The standard InChI is InChI=1S/C29H38O9/c1-28(2,3)37-35-25(30)9-7-19-33-23-15-11-21(12-16-23)27(32)22-13-17-24(18-14-22)34-20-8-10-26(31)36-38-29(4,5)6/h11-18H,7-10,19-20H2,1-6H3. The van der Waals surface area contributed by atoms with Gasteiger partial charge in [-0.15, -0.1) is 0 Å². The van der Waals surface area contributed by atoms with Crippen LogP contribution in [0.4, 0.5) is 0 Å². The van der Waals surface area contributed by atoms with Crippen molar-refractivity contribution in [1.82, 2.24) is 0 Å². The first-order valence-corrected chi connectivity index (χ1v) is 12.6. The second-order valence-electron chi connectivity index (χ2n) is 10.6. The van der Waals surface area contributed by atoms with Crippen LogP contribution in [0.1, 0.15) is 83.1 Å². The lowest BCUT2D eigenvalue weighted by Gasteiger charge is -2.16. The molecule has 0 aliphatic heterocycles. The number of hydrogen-bond donors (Lipinski definition) is 0. The first kappa shape index (κ1) is 30.8. The van der Waals surface area contributed by atoms with Gasteiger partial charge in [-0.05, 0) is 103 Å². The first-order chi connectivity index (χ1) is 17.8. The van der Waals surface area contributed by atoms with Gasteiger partial charge in [0.05, 0.1) is 26.1 Å². The van der Waals surface area contributed by atoms with E-state index in [0.717, 1.165) is 0 Å². The van der Waals surface area contributed by atoms with Crippen LogP contribution in [-0.4, -0.2) is 42.1 Å². The molecule has 38 heavy (non-hydrogen) atoms. The molecule has 0 N–H and O–H groups in total. The molecule has 0 aliphatic rings. The summed E-state index contributed by atoms with van der Waals surface area (Å²) in [6, 6.07) is 13.6. The van der Waals surface area contributed by atoms with Gasteiger partial charge < -0.3 is 9.47 Å². The SMILES string of the molecule is CC(C)(C)OOC(=O)CCCOc1ccc(C(=O)c2ccc(OCCCC(=O)OOC(C)(C)C)cc2)cc1. The smallest absolute Gasteiger partial charge is 0.342 e. The van der Waals surface area contributed by atoms with Crippen molar-refractivity contribution in [2.75, 3.05) is 13.2 Å². The zero-order chi connectivity index (χ0) is 28.2. The first-order valence-electron chi connectivity index (χ1n) is 12.6. The summed E-state index contributed by atoms with van der Waals surface area (Å²) in [5.41, 5.74) is -0.0704. The average molecular weight is 531 g/mol. The second-order valence-corrected chi connectivity index (χ2v) is 10.6. The number of ether oxygens (including phenoxy) is 2. The highest BCUT2D eigenvalue weighted by Gasteiger charge is 2.16. The molecule has 0 aromatic heterocycles. The van der Waals surface area contributed by atoms with Crippen LogP contribution >= 0.6 is 0 Å². The highest BCUT2D eigenvalue weighted by Crippen LogP contribution is 2.19. The highest BCUT2D eigenvalue weighted by atomic mass is 17.2. The van der Waals surface area contributed by atoms with Gasteiger partial charge >= 0.3 is 11.9 Å². The third-order valence-electron chi connectivity index (χ3n) is 4.59. The molecule has 2 aromatic rings. The Balaban J connectivity index is 1.71. The van der Waals surface area contributed by atoms with Crippen LogP contribution in [0.15, 0.2) is 48.5 Å². The third kappa shape index (κ3) is 12.7. The summed E-state index contributed by atoms with van der Waals surface area (Å²) < 4.78 is 11.3. The molecule has 0 unspecified atom stereocenters. The monoisotopic (exact) mass is 530 g/mol. The summed E-state index contributed by atoms with van der Waals surface area (Å²) in [5.74, 6) is 0.155. The lowest BCUT2D eigenvalue weighted by molar-refractivity contribution is -0.320. The molecule has 9 nitrogen and oxygen atoms in total. The van der Waals surface area contributed by atoms with Crippen LogP contribution in [0.25, 0.3) is 0 Å². The zero-order valence-corrected chi connectivity index (χ0v) is 23.0. The number of carbonyl (C=O) groups excluding carboxylic acids is 3. The molecule has 0 amide bonds. The van der Waals surface area contributed by atoms with Crippen molar-refractivity contribution in [1.29, 1.82) is 0 Å². The molecular formula is C29H38O9. The maximum Gasteiger partial charge on any atom is 0.342 e. The Morgan fingerprint density at radius 1 is 0.579 bits per heavy atom. The number of ketones is 1. The molecule has 0 bridgehead atoms. The Bertz CT molecular complexity index is 946. The molecule has 0 radical (unpaired) electrons. The lowest BCUT2D eigenvalue weighted by Crippen LogP contribution is -2.22. The molecule has 0 saturated carbocycles. The molecule has 208 valence electrons. The van der Waals surface area contributed by atoms with Gasteiger partial charge in [0, 0.05) is 11.1 Å². The van der Waals surface area contributed by atoms with Crippen molar-refractivity contribution < 1.29 is 43.4 Å². The fourth-order valence-corrected chi connectivity index (χ4v) is 2.81. The predicted octanol–water partition coefficient (Wildman–Crippen LogP) is 5.78. The Hall–Kier alpha value is -3.43. The molecule has 2 rings (SSSR count). The molecule has 2 aromatic carbocycles. The van der Waals surface area contributed by atoms with E-state index in [-0.39, 0.29) is 18.6 Å². The van der Waals surface area contributed by atoms with Gasteiger partial charge in [0.25, 0.3) is 0 Å². The third-order valence-corrected chi connectivity index (χ3v) is 4.59. The molecular weight excluding hydrogens is 492 g/mol. The fraction of sp³-hybridized carbons (Fsp3) is 0.483. The van der Waals surface area contributed by atoms with E-state index in [1.54, 1.807) is 90.1 Å². The van der Waals surface area contributed by atoms with Crippen molar-refractivity contribution in [3.63, 3.8) is 0 Å². The minimum absolute atomic E-state index is 0.133. The van der Waals surface area contributed by atoms with Crippen LogP contribution in [0.2, 0.25) is 0 Å². The van der Waals surface area contributed by atoms with Crippen molar-refractivity contribution in [2.24, 2.45) is 0 Å². The average Bonchev–Trinajstić information content (AvgIpc) is 2.86. The Labute approximate surface area is 224 Å². The molecule has 0 aliphatic carbocycles. The topological polar surface area (TPSA) is 107 Å². The van der Waals surface area contributed by atoms with E-state index in [1.807, 2.05) is 0 Å². The highest BCUT2D eigenvalue weighted by molar-refractivity contribution is 6.09. The van der Waals surface area contributed by atoms with E-state index in [1.165, 1.54) is 0 Å². The molecule has 9 heteroatoms. The van der Waals surface area contributed by atoms with Gasteiger partial charge in [-0.25, -0.2) is 9.59 Å². The Kier molecular flexibility index (Phi) is 11.7. The lowest BCUT2D eigenvalue weighted by atomic mass is 10.0. The van der Waals surface area contributed by atoms with Gasteiger partial charge in [0.15, 0.2) is 5.78 Å². The number of rotatable bonds is 14. The van der Waals surface area contributed by atoms with Crippen LogP contribution in [-0.2, 0) is 29.1 Å². The normalized spacial score (nSPS) is 11.5. The largest absolute Gasteiger partial charge is 0.494 e. The summed E-state index contributed by atoms with van der Waals surface area (Å²) in [5, 5.41) is 0. The molecule has 0 atom stereocenters. The van der Waals surface area contributed by atoms with E-state index < -0.39 is 23.1 Å². The van der Waals surface area contributed by atoms with Gasteiger partial charge in [-0.2, -0.15) is 9.78 Å². The fourth-order valence-electron chi connectivity index (χ4n) is 2.81. The number of hydrogen-bond acceptors (Lipinski definition) is 9. The summed E-state index contributed by atoms with van der Waals surface area (Å²) in [6.07, 6.45) is 1.28. The minimum atomic E-state index is -0.554. The van der Waals surface area contributed by atoms with Crippen molar-refractivity contribution in [3.8, 4) is 11.5 Å². The van der Waals surface area contributed by atoms with E-state index >= 15 is 0 Å². The second kappa shape index (κ2) is 14.5. The van der Waals surface area contributed by atoms with Gasteiger partial charge in [0.2, 0.25) is 0 Å². The summed E-state index contributed by atoms with van der Waals surface area (Å²) in [6.45, 7) is 11.4. The maximum absolute atomic E-state index is 12.8. The van der Waals surface area contributed by atoms with Gasteiger partial charge in [-0.3, -0.25) is 14.6 Å². The van der Waals surface area contributed by atoms with Crippen LogP contribution in [0, 0.1) is 0 Å². The Morgan fingerprint density at radius 3 is 1.24 bits per heavy atom. The quantitative estimate of drug-likeness (QED) is 0.130. The molecule has 0 spiro atoms. The van der Waals surface area contributed by atoms with E-state index in [9.17, 15) is 14.4 Å². The van der Waals surface area contributed by atoms with Crippen LogP contribution in [0.5, 0.6) is 11.5 Å². The summed E-state index contributed by atoms with van der Waals surface area (Å²) in [4.78, 5) is 55.5. The summed E-state index contributed by atoms with van der Waals surface area (Å²) in [7, 11) is 0. The minimum Gasteiger partial charge on any atom is -0.494 e. The van der Waals surface area contributed by atoms with Crippen molar-refractivity contribution in [3.05, 3.63) is 59.7 Å². The van der Waals surface area contributed by atoms with Gasteiger partial charge in [-0.1, -0.05) is 0 Å². The predicted molar refractivity (Wildman–Crippen MR) is 140 cm³/mol. The zero-order valence-electron chi connectivity index (χ0n) is 23.0. The molecule has 0 saturated heterocycles. The van der Waals surface area contributed by atoms with E-state index in [4.69, 9.17) is 29.0 Å². The van der Waals surface area contributed by atoms with Gasteiger partial charge in [0.1, 0.15) is 22.7 Å². The molecule has 0 fully saturated rings. The van der Waals surface area contributed by atoms with E-state index in [0.29, 0.717) is 48.7 Å².